The molecule has 19 heavy (non-hydrogen) atoms. The lowest BCUT2D eigenvalue weighted by Gasteiger charge is -2.06. The molecule has 6 heteroatoms. The molecule has 0 aliphatic carbocycles. The molecule has 1 amide bonds. The first-order valence-electron chi connectivity index (χ1n) is 5.70. The maximum absolute atomic E-state index is 11.7. The number of halogens is 1. The molecular weight excluding hydrogens is 268 g/mol. The molecule has 0 radical (unpaired) electrons. The van der Waals surface area contributed by atoms with Crippen molar-refractivity contribution in [2.24, 2.45) is 0 Å². The molecule has 1 heterocycles. The third-order valence-corrected chi connectivity index (χ3v) is 2.95. The molecule has 1 atom stereocenters. The van der Waals surface area contributed by atoms with Crippen molar-refractivity contribution < 1.29 is 14.4 Å². The molecule has 2 N–H and O–H groups in total. The number of aliphatic hydroxyl groups is 1. The van der Waals surface area contributed by atoms with E-state index in [0.29, 0.717) is 16.3 Å². The number of hydrogen-bond acceptors (Lipinski definition) is 4. The van der Waals surface area contributed by atoms with Gasteiger partial charge in [-0.2, -0.15) is 0 Å². The van der Waals surface area contributed by atoms with Crippen LogP contribution in [0.4, 0.5) is 0 Å². The maximum Gasteiger partial charge on any atom is 0.290 e. The number of nitrogens with one attached hydrogen (secondary N) is 1. The van der Waals surface area contributed by atoms with Crippen LogP contribution in [0.15, 0.2) is 28.8 Å². The first-order chi connectivity index (χ1) is 9.04. The quantitative estimate of drug-likeness (QED) is 0.905. The van der Waals surface area contributed by atoms with Gasteiger partial charge in [-0.25, -0.2) is 0 Å². The van der Waals surface area contributed by atoms with E-state index < -0.39 is 12.0 Å². The third-order valence-electron chi connectivity index (χ3n) is 2.70. The summed E-state index contributed by atoms with van der Waals surface area (Å²) in [5, 5.41) is 16.7. The van der Waals surface area contributed by atoms with Gasteiger partial charge in [0.1, 0.15) is 5.69 Å². The van der Waals surface area contributed by atoms with Gasteiger partial charge >= 0.3 is 0 Å². The van der Waals surface area contributed by atoms with E-state index in [1.807, 2.05) is 0 Å². The van der Waals surface area contributed by atoms with E-state index in [1.165, 1.54) is 7.05 Å². The Morgan fingerprint density at radius 2 is 2.05 bits per heavy atom. The normalized spacial score (nSPS) is 12.2. The number of amides is 1. The summed E-state index contributed by atoms with van der Waals surface area (Å²) in [6, 6.07) is 6.91. The highest BCUT2D eigenvalue weighted by Gasteiger charge is 2.25. The van der Waals surface area contributed by atoms with E-state index in [-0.39, 0.29) is 5.76 Å². The van der Waals surface area contributed by atoms with Gasteiger partial charge in [-0.15, -0.1) is 0 Å². The summed E-state index contributed by atoms with van der Waals surface area (Å²) in [7, 11) is 1.48. The van der Waals surface area contributed by atoms with Gasteiger partial charge in [-0.05, 0) is 19.1 Å². The summed E-state index contributed by atoms with van der Waals surface area (Å²) in [6.45, 7) is 1.55. The fraction of sp³-hybridized carbons (Fsp3) is 0.231. The Morgan fingerprint density at radius 1 is 1.42 bits per heavy atom. The minimum Gasteiger partial charge on any atom is -0.388 e. The Bertz CT molecular complexity index is 590. The minimum absolute atomic E-state index is 0.0162. The van der Waals surface area contributed by atoms with Gasteiger partial charge in [0.2, 0.25) is 5.76 Å². The number of nitrogens with zero attached hydrogens (tertiary/aromatic N) is 1. The molecule has 0 fully saturated rings. The summed E-state index contributed by atoms with van der Waals surface area (Å²) in [5.74, 6) is -0.411. The number of carbonyl (C=O) groups is 1. The highest BCUT2D eigenvalue weighted by Crippen LogP contribution is 2.31. The zero-order valence-electron chi connectivity index (χ0n) is 10.5. The summed E-state index contributed by atoms with van der Waals surface area (Å²) in [5.41, 5.74) is 1.52. The number of rotatable bonds is 3. The van der Waals surface area contributed by atoms with Crippen molar-refractivity contribution in [2.45, 2.75) is 13.0 Å². The third kappa shape index (κ3) is 2.62. The van der Waals surface area contributed by atoms with Gasteiger partial charge in [0.15, 0.2) is 0 Å². The highest BCUT2D eigenvalue weighted by molar-refractivity contribution is 6.30. The van der Waals surface area contributed by atoms with Crippen molar-refractivity contribution in [2.75, 3.05) is 7.05 Å². The Labute approximate surface area is 115 Å². The van der Waals surface area contributed by atoms with Crippen LogP contribution in [0.5, 0.6) is 0 Å². The van der Waals surface area contributed by atoms with Crippen molar-refractivity contribution in [3.63, 3.8) is 0 Å². The van der Waals surface area contributed by atoms with Gasteiger partial charge in [-0.1, -0.05) is 28.9 Å². The van der Waals surface area contributed by atoms with Crippen molar-refractivity contribution in [1.29, 1.82) is 0 Å². The second-order valence-electron chi connectivity index (χ2n) is 4.04. The van der Waals surface area contributed by atoms with Crippen LogP contribution in [0.25, 0.3) is 11.3 Å². The molecule has 1 aromatic heterocycles. The van der Waals surface area contributed by atoms with Crippen LogP contribution in [0.1, 0.15) is 29.1 Å². The number of benzene rings is 1. The average molecular weight is 281 g/mol. The topological polar surface area (TPSA) is 75.4 Å². The van der Waals surface area contributed by atoms with E-state index in [2.05, 4.69) is 10.5 Å². The zero-order valence-corrected chi connectivity index (χ0v) is 11.2. The van der Waals surface area contributed by atoms with Crippen LogP contribution in [-0.2, 0) is 0 Å². The lowest BCUT2D eigenvalue weighted by molar-refractivity contribution is 0.0918. The zero-order chi connectivity index (χ0) is 14.0. The number of carbonyl (C=O) groups excluding carboxylic acids is 1. The van der Waals surface area contributed by atoms with E-state index in [0.717, 1.165) is 5.56 Å². The molecule has 0 aliphatic rings. The van der Waals surface area contributed by atoms with Crippen LogP contribution >= 0.6 is 11.6 Å². The van der Waals surface area contributed by atoms with E-state index in [1.54, 1.807) is 31.2 Å². The van der Waals surface area contributed by atoms with E-state index in [9.17, 15) is 9.90 Å². The Kier molecular flexibility index (Phi) is 3.87. The molecule has 2 rings (SSSR count). The molecule has 0 aliphatic heterocycles. The lowest BCUT2D eigenvalue weighted by Crippen LogP contribution is -2.19. The molecule has 0 bridgehead atoms. The molecule has 2 aromatic rings. The largest absolute Gasteiger partial charge is 0.388 e. The van der Waals surface area contributed by atoms with Crippen LogP contribution in [0.3, 0.4) is 0 Å². The molecule has 0 saturated heterocycles. The molecule has 0 spiro atoms. The smallest absolute Gasteiger partial charge is 0.290 e. The van der Waals surface area contributed by atoms with Gasteiger partial charge in [0.25, 0.3) is 5.91 Å². The second kappa shape index (κ2) is 5.42. The Morgan fingerprint density at radius 3 is 2.58 bits per heavy atom. The van der Waals surface area contributed by atoms with Crippen molar-refractivity contribution in [1.82, 2.24) is 10.5 Å². The van der Waals surface area contributed by atoms with Crippen molar-refractivity contribution in [3.8, 4) is 11.3 Å². The molecule has 5 nitrogen and oxygen atoms in total. The monoisotopic (exact) mass is 280 g/mol. The summed E-state index contributed by atoms with van der Waals surface area (Å²) >= 11 is 5.82. The number of hydrogen-bond donors (Lipinski definition) is 2. The Balaban J connectivity index is 2.55. The fourth-order valence-corrected chi connectivity index (χ4v) is 1.90. The molecular formula is C13H13ClN2O3. The Hall–Kier alpha value is -1.85. The number of aliphatic hydroxyl groups excluding tert-OH is 1. The highest BCUT2D eigenvalue weighted by atomic mass is 35.5. The predicted molar refractivity (Wildman–Crippen MR) is 71.0 cm³/mol. The molecule has 1 unspecified atom stereocenters. The van der Waals surface area contributed by atoms with Gasteiger partial charge in [0.05, 0.1) is 11.7 Å². The van der Waals surface area contributed by atoms with Gasteiger partial charge in [-0.3, -0.25) is 4.79 Å². The maximum atomic E-state index is 11.7. The fourth-order valence-electron chi connectivity index (χ4n) is 1.78. The second-order valence-corrected chi connectivity index (χ2v) is 4.47. The van der Waals surface area contributed by atoms with Gasteiger partial charge in [0, 0.05) is 17.6 Å². The minimum atomic E-state index is -0.871. The van der Waals surface area contributed by atoms with E-state index in [4.69, 9.17) is 16.1 Å². The van der Waals surface area contributed by atoms with Crippen LogP contribution < -0.4 is 5.32 Å². The number of aromatic nitrogens is 1. The molecule has 100 valence electrons. The van der Waals surface area contributed by atoms with Crippen LogP contribution in [0, 0.1) is 0 Å². The summed E-state index contributed by atoms with van der Waals surface area (Å²) < 4.78 is 5.04. The molecule has 1 aromatic carbocycles. The van der Waals surface area contributed by atoms with E-state index >= 15 is 0 Å². The van der Waals surface area contributed by atoms with Crippen molar-refractivity contribution >= 4 is 17.5 Å². The van der Waals surface area contributed by atoms with Crippen molar-refractivity contribution in [3.05, 3.63) is 40.6 Å². The standard InChI is InChI=1S/C13H13ClN2O3/c1-7(17)10-11(8-3-5-9(14)6-4-8)16-19-12(10)13(18)15-2/h3-7,17H,1-2H3,(H,15,18). The van der Waals surface area contributed by atoms with Crippen LogP contribution in [-0.4, -0.2) is 23.2 Å². The average Bonchev–Trinajstić information content (AvgIpc) is 2.83. The molecule has 0 saturated carbocycles. The first kappa shape index (κ1) is 13.6. The first-order valence-corrected chi connectivity index (χ1v) is 6.08. The van der Waals surface area contributed by atoms with Gasteiger partial charge < -0.3 is 14.9 Å². The van der Waals surface area contributed by atoms with Crippen LogP contribution in [0.2, 0.25) is 5.02 Å². The predicted octanol–water partition coefficient (Wildman–Crippen LogP) is 2.41. The summed E-state index contributed by atoms with van der Waals surface area (Å²) in [4.78, 5) is 11.7. The summed E-state index contributed by atoms with van der Waals surface area (Å²) in [6.07, 6.45) is -0.871. The lowest BCUT2D eigenvalue weighted by atomic mass is 10.0. The SMILES string of the molecule is CNC(=O)c1onc(-c2ccc(Cl)cc2)c1C(C)O.